The van der Waals surface area contributed by atoms with Crippen LogP contribution >= 0.6 is 0 Å². The Hall–Kier alpha value is -2.99. The third-order valence-electron chi connectivity index (χ3n) is 6.92. The van der Waals surface area contributed by atoms with E-state index in [4.69, 9.17) is 9.47 Å². The van der Waals surface area contributed by atoms with E-state index < -0.39 is 0 Å². The Morgan fingerprint density at radius 3 is 2.75 bits per heavy atom. The zero-order valence-electron chi connectivity index (χ0n) is 21.4. The topological polar surface area (TPSA) is 88.0 Å². The lowest BCUT2D eigenvalue weighted by Crippen LogP contribution is -2.50. The number of hydrogen-bond donors (Lipinski definition) is 1. The van der Waals surface area contributed by atoms with Gasteiger partial charge in [0.1, 0.15) is 17.4 Å². The van der Waals surface area contributed by atoms with Gasteiger partial charge >= 0.3 is 0 Å². The molecule has 1 amide bonds. The van der Waals surface area contributed by atoms with E-state index in [0.29, 0.717) is 35.2 Å². The molecule has 8 heteroatoms. The fourth-order valence-corrected chi connectivity index (χ4v) is 4.71. The molecule has 1 fully saturated rings. The first kappa shape index (κ1) is 26.1. The highest BCUT2D eigenvalue weighted by Gasteiger charge is 2.34. The highest BCUT2D eigenvalue weighted by molar-refractivity contribution is 5.97. The van der Waals surface area contributed by atoms with Crippen LogP contribution in [-0.2, 0) is 4.74 Å². The van der Waals surface area contributed by atoms with Gasteiger partial charge in [0.05, 0.1) is 12.6 Å². The average molecular weight is 493 g/mol. The van der Waals surface area contributed by atoms with Gasteiger partial charge in [-0.3, -0.25) is 4.79 Å². The first-order valence-corrected chi connectivity index (χ1v) is 12.7. The summed E-state index contributed by atoms with van der Waals surface area (Å²) in [5.74, 6) is 6.85. The molecule has 2 aliphatic heterocycles. The molecule has 8 nitrogen and oxygen atoms in total. The van der Waals surface area contributed by atoms with Crippen molar-refractivity contribution < 1.29 is 19.4 Å². The second-order valence-corrected chi connectivity index (χ2v) is 9.94. The lowest BCUT2D eigenvalue weighted by Gasteiger charge is -2.38. The van der Waals surface area contributed by atoms with Crippen LogP contribution < -0.4 is 4.74 Å². The molecule has 1 N–H and O–H groups in total. The number of pyridine rings is 2. The number of carbonyl (C=O) groups is 1. The summed E-state index contributed by atoms with van der Waals surface area (Å²) in [6, 6.07) is 6.95. The summed E-state index contributed by atoms with van der Waals surface area (Å²) in [6.07, 6.45) is 5.32. The maximum absolute atomic E-state index is 13.6. The van der Waals surface area contributed by atoms with Gasteiger partial charge in [-0.2, -0.15) is 0 Å². The molecule has 0 bridgehead atoms. The van der Waals surface area contributed by atoms with Gasteiger partial charge in [-0.15, -0.1) is 0 Å². The number of ether oxygens (including phenoxy) is 2. The Labute approximate surface area is 213 Å². The Balaban J connectivity index is 1.59. The van der Waals surface area contributed by atoms with Crippen molar-refractivity contribution in [3.63, 3.8) is 0 Å². The third-order valence-corrected chi connectivity index (χ3v) is 6.92. The predicted octanol–water partition coefficient (Wildman–Crippen LogP) is 2.45. The zero-order valence-corrected chi connectivity index (χ0v) is 21.4. The zero-order chi connectivity index (χ0) is 25.5. The van der Waals surface area contributed by atoms with Crippen molar-refractivity contribution >= 4 is 5.91 Å². The van der Waals surface area contributed by atoms with Gasteiger partial charge < -0.3 is 24.4 Å². The van der Waals surface area contributed by atoms with Crippen molar-refractivity contribution in [1.29, 1.82) is 0 Å². The largest absolute Gasteiger partial charge is 0.472 e. The van der Waals surface area contributed by atoms with Gasteiger partial charge in [0.15, 0.2) is 0 Å². The summed E-state index contributed by atoms with van der Waals surface area (Å²) in [6.45, 7) is 7.67. The Morgan fingerprint density at radius 1 is 1.22 bits per heavy atom. The number of hydrogen-bond acceptors (Lipinski definition) is 7. The first-order valence-electron chi connectivity index (χ1n) is 12.7. The van der Waals surface area contributed by atoms with E-state index in [1.807, 2.05) is 25.1 Å². The molecular weight excluding hydrogens is 456 g/mol. The predicted molar refractivity (Wildman–Crippen MR) is 137 cm³/mol. The second-order valence-electron chi connectivity index (χ2n) is 9.94. The summed E-state index contributed by atoms with van der Waals surface area (Å²) in [5.41, 5.74) is 1.62. The number of carbonyl (C=O) groups excluding carboxylic acids is 1. The molecule has 2 aromatic heterocycles. The Kier molecular flexibility index (Phi) is 8.92. The Bertz CT molecular complexity index is 1080. The minimum atomic E-state index is -0.324. The van der Waals surface area contributed by atoms with Crippen molar-refractivity contribution in [2.45, 2.75) is 38.8 Å². The van der Waals surface area contributed by atoms with Gasteiger partial charge in [-0.1, -0.05) is 18.9 Å². The van der Waals surface area contributed by atoms with Crippen molar-refractivity contribution in [2.75, 3.05) is 46.5 Å². The smallest absolute Gasteiger partial charge is 0.259 e. The monoisotopic (exact) mass is 492 g/mol. The summed E-state index contributed by atoms with van der Waals surface area (Å²) < 4.78 is 11.9. The van der Waals surface area contributed by atoms with E-state index in [-0.39, 0.29) is 30.6 Å². The molecule has 192 valence electrons. The third kappa shape index (κ3) is 6.61. The van der Waals surface area contributed by atoms with Crippen LogP contribution in [0.15, 0.2) is 36.7 Å². The minimum Gasteiger partial charge on any atom is -0.472 e. The van der Waals surface area contributed by atoms with Crippen LogP contribution in [0.3, 0.4) is 0 Å². The van der Waals surface area contributed by atoms with Crippen molar-refractivity contribution in [3.8, 4) is 17.7 Å². The van der Waals surface area contributed by atoms with Crippen LogP contribution in [0, 0.1) is 23.7 Å². The summed E-state index contributed by atoms with van der Waals surface area (Å²) in [4.78, 5) is 26.4. The summed E-state index contributed by atoms with van der Waals surface area (Å²) in [7, 11) is 2.12. The quantitative estimate of drug-likeness (QED) is 0.620. The highest BCUT2D eigenvalue weighted by Crippen LogP contribution is 2.27. The van der Waals surface area contributed by atoms with E-state index in [1.165, 1.54) is 0 Å². The standard InChI is InChI=1S/C28H36N4O4/c1-20-16-32(21(2)19-33)28(34)25-14-23(7-8-24-6-4-5-11-29-24)15-30-27(25)36-26(20)18-31(3)17-22-9-12-35-13-10-22/h4-6,11,14-15,20-22,26,33H,9-10,12-13,16-19H2,1-3H3/t20-,21+,26+/m0/s1. The lowest BCUT2D eigenvalue weighted by molar-refractivity contribution is 0.0254. The molecule has 4 heterocycles. The van der Waals surface area contributed by atoms with Gasteiger partial charge in [-0.25, -0.2) is 9.97 Å². The number of nitrogens with zero attached hydrogens (tertiary/aromatic N) is 4. The lowest BCUT2D eigenvalue weighted by atomic mass is 9.97. The molecule has 0 aromatic carbocycles. The molecule has 0 spiro atoms. The molecule has 36 heavy (non-hydrogen) atoms. The molecule has 0 radical (unpaired) electrons. The molecule has 0 unspecified atom stereocenters. The van der Waals surface area contributed by atoms with E-state index in [9.17, 15) is 9.90 Å². The number of aliphatic hydroxyl groups excluding tert-OH is 1. The van der Waals surface area contributed by atoms with E-state index in [1.54, 1.807) is 23.4 Å². The fourth-order valence-electron chi connectivity index (χ4n) is 4.71. The number of aliphatic hydroxyl groups is 1. The normalized spacial score (nSPS) is 21.6. The van der Waals surface area contributed by atoms with Crippen molar-refractivity contribution in [2.24, 2.45) is 11.8 Å². The maximum Gasteiger partial charge on any atom is 0.259 e. The van der Waals surface area contributed by atoms with Gasteiger partial charge in [0.2, 0.25) is 5.88 Å². The molecule has 0 saturated carbocycles. The van der Waals surface area contributed by atoms with Gasteiger partial charge in [-0.05, 0) is 56.9 Å². The summed E-state index contributed by atoms with van der Waals surface area (Å²) >= 11 is 0. The van der Waals surface area contributed by atoms with Crippen LogP contribution in [0.2, 0.25) is 0 Å². The molecule has 2 aromatic rings. The Morgan fingerprint density at radius 2 is 2.03 bits per heavy atom. The van der Waals surface area contributed by atoms with Crippen LogP contribution in [-0.4, -0.2) is 89.4 Å². The van der Waals surface area contributed by atoms with E-state index >= 15 is 0 Å². The minimum absolute atomic E-state index is 0.0543. The van der Waals surface area contributed by atoms with Crippen LogP contribution in [0.25, 0.3) is 0 Å². The first-order chi connectivity index (χ1) is 17.4. The van der Waals surface area contributed by atoms with Crippen LogP contribution in [0.4, 0.5) is 0 Å². The average Bonchev–Trinajstić information content (AvgIpc) is 2.90. The molecule has 4 rings (SSSR count). The van der Waals surface area contributed by atoms with Gasteiger partial charge in [0.25, 0.3) is 5.91 Å². The molecule has 3 atom stereocenters. The molecular formula is C28H36N4O4. The number of likely N-dealkylation sites (N-methyl/N-ethyl adjacent to an activating group) is 1. The molecule has 1 saturated heterocycles. The van der Waals surface area contributed by atoms with Crippen LogP contribution in [0.5, 0.6) is 5.88 Å². The summed E-state index contributed by atoms with van der Waals surface area (Å²) in [5, 5.41) is 9.87. The fraction of sp³-hybridized carbons (Fsp3) is 0.536. The highest BCUT2D eigenvalue weighted by atomic mass is 16.5. The SMILES string of the molecule is C[C@H](CO)N1C[C@H](C)[C@@H](CN(C)CC2CCOCC2)Oc2ncc(C#Cc3ccccn3)cc2C1=O. The number of amides is 1. The second kappa shape index (κ2) is 12.3. The van der Waals surface area contributed by atoms with E-state index in [2.05, 4.69) is 40.7 Å². The number of fused-ring (bicyclic) bond motifs is 1. The number of rotatable bonds is 6. The van der Waals surface area contributed by atoms with E-state index in [0.717, 1.165) is 39.1 Å². The number of aromatic nitrogens is 2. The maximum atomic E-state index is 13.6. The van der Waals surface area contributed by atoms with Crippen LogP contribution in [0.1, 0.15) is 48.3 Å². The van der Waals surface area contributed by atoms with Crippen molar-refractivity contribution in [3.05, 3.63) is 53.5 Å². The van der Waals surface area contributed by atoms with Gasteiger partial charge in [0, 0.05) is 56.7 Å². The molecule has 2 aliphatic rings. The molecule has 0 aliphatic carbocycles. The van der Waals surface area contributed by atoms with Crippen molar-refractivity contribution in [1.82, 2.24) is 19.8 Å².